The van der Waals surface area contributed by atoms with E-state index in [1.165, 1.54) is 11.1 Å². The lowest BCUT2D eigenvalue weighted by atomic mass is 10.0. The van der Waals surface area contributed by atoms with E-state index < -0.39 is 0 Å². The molecule has 0 aliphatic carbocycles. The van der Waals surface area contributed by atoms with Crippen LogP contribution in [0.25, 0.3) is 0 Å². The van der Waals surface area contributed by atoms with E-state index in [1.54, 1.807) is 0 Å². The van der Waals surface area contributed by atoms with Gasteiger partial charge in [-0.2, -0.15) is 0 Å². The van der Waals surface area contributed by atoms with Gasteiger partial charge in [-0.15, -0.1) is 0 Å². The molecule has 2 aromatic rings. The van der Waals surface area contributed by atoms with Gasteiger partial charge in [0.25, 0.3) is 0 Å². The fraction of sp³-hybridized carbons (Fsp3) is 0.333. The number of aryl methyl sites for hydroxylation is 1. The Kier molecular flexibility index (Phi) is 6.09. The molecule has 1 N–H and O–H groups in total. The van der Waals surface area contributed by atoms with Crippen LogP contribution < -0.4 is 10.1 Å². The molecule has 2 nitrogen and oxygen atoms in total. The second kappa shape index (κ2) is 8.06. The highest BCUT2D eigenvalue weighted by atomic mass is 35.5. The van der Waals surface area contributed by atoms with Gasteiger partial charge in [-0.05, 0) is 43.7 Å². The summed E-state index contributed by atoms with van der Waals surface area (Å²) in [4.78, 5) is 0. The van der Waals surface area contributed by atoms with Gasteiger partial charge in [0.05, 0.1) is 0 Å². The largest absolute Gasteiger partial charge is 0.492 e. The monoisotopic (exact) mass is 303 g/mol. The molecule has 0 amide bonds. The van der Waals surface area contributed by atoms with Crippen molar-refractivity contribution in [2.24, 2.45) is 0 Å². The summed E-state index contributed by atoms with van der Waals surface area (Å²) < 4.78 is 5.86. The van der Waals surface area contributed by atoms with Gasteiger partial charge in [-0.25, -0.2) is 0 Å². The van der Waals surface area contributed by atoms with Crippen molar-refractivity contribution < 1.29 is 4.74 Å². The molecular weight excluding hydrogens is 282 g/mol. The molecule has 0 radical (unpaired) electrons. The lowest BCUT2D eigenvalue weighted by molar-refractivity contribution is 0.265. The molecule has 2 rings (SSSR count). The minimum Gasteiger partial charge on any atom is -0.492 e. The highest BCUT2D eigenvalue weighted by Crippen LogP contribution is 2.17. The number of hydrogen-bond donors (Lipinski definition) is 1. The first-order valence-electron chi connectivity index (χ1n) is 7.34. The number of nitrogens with one attached hydrogen (secondary N) is 1. The van der Waals surface area contributed by atoms with Crippen LogP contribution in [-0.2, 0) is 6.42 Å². The standard InChI is InChI=1S/C18H22ClNO/c1-3-20-17(11-15-7-4-6-14(2)10-15)13-21-18-9-5-8-16(19)12-18/h4-10,12,17,20H,3,11,13H2,1-2H3. The van der Waals surface area contributed by atoms with E-state index in [0.717, 1.165) is 18.7 Å². The Labute approximate surface area is 132 Å². The lowest BCUT2D eigenvalue weighted by Gasteiger charge is -2.19. The van der Waals surface area contributed by atoms with E-state index in [9.17, 15) is 0 Å². The van der Waals surface area contributed by atoms with Crippen molar-refractivity contribution in [2.75, 3.05) is 13.2 Å². The number of halogens is 1. The SMILES string of the molecule is CCNC(COc1cccc(Cl)c1)Cc1cccc(C)c1. The second-order valence-electron chi connectivity index (χ2n) is 5.22. The molecule has 0 saturated heterocycles. The first-order valence-corrected chi connectivity index (χ1v) is 7.72. The zero-order valence-electron chi connectivity index (χ0n) is 12.6. The summed E-state index contributed by atoms with van der Waals surface area (Å²) in [7, 11) is 0. The average Bonchev–Trinajstić information content (AvgIpc) is 2.45. The summed E-state index contributed by atoms with van der Waals surface area (Å²) in [5.41, 5.74) is 2.62. The maximum atomic E-state index is 5.97. The van der Waals surface area contributed by atoms with Crippen molar-refractivity contribution in [3.63, 3.8) is 0 Å². The number of benzene rings is 2. The van der Waals surface area contributed by atoms with Crippen LogP contribution in [0, 0.1) is 6.92 Å². The quantitative estimate of drug-likeness (QED) is 0.825. The van der Waals surface area contributed by atoms with Crippen LogP contribution in [0.5, 0.6) is 5.75 Å². The molecule has 0 heterocycles. The zero-order valence-corrected chi connectivity index (χ0v) is 13.4. The first-order chi connectivity index (χ1) is 10.2. The third kappa shape index (κ3) is 5.41. The zero-order chi connectivity index (χ0) is 15.1. The van der Waals surface area contributed by atoms with E-state index in [1.807, 2.05) is 24.3 Å². The van der Waals surface area contributed by atoms with Gasteiger partial charge in [-0.3, -0.25) is 0 Å². The number of rotatable bonds is 7. The lowest BCUT2D eigenvalue weighted by Crippen LogP contribution is -2.36. The van der Waals surface area contributed by atoms with Crippen LogP contribution in [0.2, 0.25) is 5.02 Å². The average molecular weight is 304 g/mol. The number of hydrogen-bond acceptors (Lipinski definition) is 2. The van der Waals surface area contributed by atoms with Gasteiger partial charge in [0, 0.05) is 11.1 Å². The Hall–Kier alpha value is -1.51. The van der Waals surface area contributed by atoms with Crippen LogP contribution in [0.3, 0.4) is 0 Å². The van der Waals surface area contributed by atoms with E-state index in [4.69, 9.17) is 16.3 Å². The summed E-state index contributed by atoms with van der Waals surface area (Å²) in [6.45, 7) is 5.79. The van der Waals surface area contributed by atoms with Crippen molar-refractivity contribution in [1.82, 2.24) is 5.32 Å². The highest BCUT2D eigenvalue weighted by Gasteiger charge is 2.10. The molecule has 3 heteroatoms. The highest BCUT2D eigenvalue weighted by molar-refractivity contribution is 6.30. The third-order valence-corrected chi connectivity index (χ3v) is 3.54. The van der Waals surface area contributed by atoms with Gasteiger partial charge in [-0.1, -0.05) is 54.4 Å². The van der Waals surface area contributed by atoms with Gasteiger partial charge in [0.15, 0.2) is 0 Å². The van der Waals surface area contributed by atoms with Crippen LogP contribution >= 0.6 is 11.6 Å². The molecule has 1 unspecified atom stereocenters. The Morgan fingerprint density at radius 2 is 1.95 bits per heavy atom. The molecule has 2 aromatic carbocycles. The van der Waals surface area contributed by atoms with Crippen LogP contribution in [0.4, 0.5) is 0 Å². The summed E-state index contributed by atoms with van der Waals surface area (Å²) in [6.07, 6.45) is 0.954. The first kappa shape index (κ1) is 15.9. The fourth-order valence-corrected chi connectivity index (χ4v) is 2.54. The topological polar surface area (TPSA) is 21.3 Å². The summed E-state index contributed by atoms with van der Waals surface area (Å²) in [5.74, 6) is 0.814. The predicted octanol–water partition coefficient (Wildman–Crippen LogP) is 4.25. The van der Waals surface area contributed by atoms with Crippen molar-refractivity contribution >= 4 is 11.6 Å². The van der Waals surface area contributed by atoms with Gasteiger partial charge in [0.2, 0.25) is 0 Å². The maximum absolute atomic E-state index is 5.97. The predicted molar refractivity (Wildman–Crippen MR) is 89.3 cm³/mol. The second-order valence-corrected chi connectivity index (χ2v) is 5.65. The Morgan fingerprint density at radius 3 is 2.67 bits per heavy atom. The van der Waals surface area contributed by atoms with Crippen LogP contribution in [0.15, 0.2) is 48.5 Å². The molecular formula is C18H22ClNO. The van der Waals surface area contributed by atoms with Crippen LogP contribution in [-0.4, -0.2) is 19.2 Å². The van der Waals surface area contributed by atoms with E-state index >= 15 is 0 Å². The maximum Gasteiger partial charge on any atom is 0.120 e. The Balaban J connectivity index is 1.95. The Bertz CT molecular complexity index is 571. The molecule has 0 fully saturated rings. The van der Waals surface area contributed by atoms with Crippen molar-refractivity contribution in [3.05, 3.63) is 64.7 Å². The molecule has 112 valence electrons. The normalized spacial score (nSPS) is 12.1. The van der Waals surface area contributed by atoms with E-state index in [0.29, 0.717) is 11.6 Å². The molecule has 0 aliphatic heterocycles. The molecule has 0 saturated carbocycles. The van der Waals surface area contributed by atoms with Crippen molar-refractivity contribution in [2.45, 2.75) is 26.3 Å². The number of likely N-dealkylation sites (N-methyl/N-ethyl adjacent to an activating group) is 1. The summed E-state index contributed by atoms with van der Waals surface area (Å²) in [5, 5.41) is 4.18. The summed E-state index contributed by atoms with van der Waals surface area (Å²) >= 11 is 5.97. The van der Waals surface area contributed by atoms with Crippen molar-refractivity contribution in [3.8, 4) is 5.75 Å². The van der Waals surface area contributed by atoms with Gasteiger partial charge in [0.1, 0.15) is 12.4 Å². The van der Waals surface area contributed by atoms with E-state index in [2.05, 4.69) is 43.4 Å². The third-order valence-electron chi connectivity index (χ3n) is 3.30. The minimum absolute atomic E-state index is 0.288. The molecule has 0 bridgehead atoms. The smallest absolute Gasteiger partial charge is 0.120 e. The van der Waals surface area contributed by atoms with Gasteiger partial charge < -0.3 is 10.1 Å². The van der Waals surface area contributed by atoms with Gasteiger partial charge >= 0.3 is 0 Å². The molecule has 0 aromatic heterocycles. The number of ether oxygens (including phenoxy) is 1. The Morgan fingerprint density at radius 1 is 1.14 bits per heavy atom. The van der Waals surface area contributed by atoms with Crippen molar-refractivity contribution in [1.29, 1.82) is 0 Å². The van der Waals surface area contributed by atoms with E-state index in [-0.39, 0.29) is 6.04 Å². The summed E-state index contributed by atoms with van der Waals surface area (Å²) in [6, 6.07) is 16.4. The molecule has 0 spiro atoms. The van der Waals surface area contributed by atoms with Crippen LogP contribution in [0.1, 0.15) is 18.1 Å². The fourth-order valence-electron chi connectivity index (χ4n) is 2.36. The molecule has 1 atom stereocenters. The minimum atomic E-state index is 0.288. The molecule has 0 aliphatic rings. The molecule has 21 heavy (non-hydrogen) atoms.